The Labute approximate surface area is 476 Å². The number of hydrogen-bond acceptors (Lipinski definition) is 4. The highest BCUT2D eigenvalue weighted by atomic mass is 16.3. The van der Waals surface area contributed by atoms with Crippen molar-refractivity contribution in [2.75, 3.05) is 9.71 Å². The molecule has 12 aromatic rings. The van der Waals surface area contributed by atoms with Gasteiger partial charge in [0, 0.05) is 72.4 Å². The van der Waals surface area contributed by atoms with Gasteiger partial charge in [0.05, 0.1) is 16.7 Å². The van der Waals surface area contributed by atoms with Crippen molar-refractivity contribution in [2.24, 2.45) is 0 Å². The normalized spacial score (nSPS) is 14.6. The van der Waals surface area contributed by atoms with Crippen molar-refractivity contribution in [2.45, 2.75) is 124 Å². The second-order valence-electron chi connectivity index (χ2n) is 28.3. The molecule has 0 atom stereocenters. The van der Waals surface area contributed by atoms with Gasteiger partial charge in [-0.2, -0.15) is 0 Å². The molecule has 0 fully saturated rings. The quantitative estimate of drug-likeness (QED) is 0.165. The van der Waals surface area contributed by atoms with E-state index in [9.17, 15) is 0 Å². The Morgan fingerprint density at radius 3 is 1.63 bits per heavy atom. The first kappa shape index (κ1) is 49.8. The Morgan fingerprint density at radius 2 is 0.988 bits per heavy atom. The van der Waals surface area contributed by atoms with Crippen molar-refractivity contribution in [3.63, 3.8) is 0 Å². The predicted octanol–water partition coefficient (Wildman–Crippen LogP) is 19.6. The Balaban J connectivity index is 0.987. The van der Waals surface area contributed by atoms with Crippen molar-refractivity contribution >= 4 is 101 Å². The third-order valence-electron chi connectivity index (χ3n) is 18.6. The number of rotatable bonds is 4. The average molecular weight is 1060 g/mol. The first-order valence-electron chi connectivity index (χ1n) is 29.2. The van der Waals surface area contributed by atoms with E-state index in [4.69, 9.17) is 8.83 Å². The van der Waals surface area contributed by atoms with Crippen molar-refractivity contribution in [3.05, 3.63) is 203 Å². The highest BCUT2D eigenvalue weighted by Gasteiger charge is 2.49. The number of benzene rings is 9. The number of fused-ring (bicyclic) bond motifs is 16. The summed E-state index contributed by atoms with van der Waals surface area (Å²) in [6, 6.07) is 64.9. The first-order chi connectivity index (χ1) is 38.4. The summed E-state index contributed by atoms with van der Waals surface area (Å²) in [5.74, 6) is 0. The zero-order valence-corrected chi connectivity index (χ0v) is 49.4. The van der Waals surface area contributed by atoms with Crippen LogP contribution in [0, 0.1) is 0 Å². The van der Waals surface area contributed by atoms with Gasteiger partial charge in [0.2, 0.25) is 0 Å². The molecule has 3 aliphatic rings. The van der Waals surface area contributed by atoms with Crippen molar-refractivity contribution < 1.29 is 8.83 Å². The van der Waals surface area contributed by atoms with Crippen molar-refractivity contribution in [1.82, 2.24) is 4.57 Å². The molecule has 0 spiro atoms. The number of nitrogens with zero attached hydrogens (tertiary/aromatic N) is 3. The van der Waals surface area contributed by atoms with Gasteiger partial charge in [0.25, 0.3) is 0 Å². The molecule has 1 aliphatic carbocycles. The maximum atomic E-state index is 7.48. The molecule has 0 bridgehead atoms. The molecular weight excluding hydrogens is 986 g/mol. The van der Waals surface area contributed by atoms with E-state index in [0.29, 0.717) is 0 Å². The maximum absolute atomic E-state index is 7.48. The monoisotopic (exact) mass is 1060 g/mol. The van der Waals surface area contributed by atoms with E-state index in [1.165, 1.54) is 83.1 Å². The van der Waals surface area contributed by atoms with Gasteiger partial charge < -0.3 is 23.1 Å². The van der Waals surface area contributed by atoms with E-state index in [0.717, 1.165) is 72.5 Å². The maximum Gasteiger partial charge on any atom is 0.375 e. The van der Waals surface area contributed by atoms with Crippen LogP contribution in [0.4, 0.5) is 28.4 Å². The fourth-order valence-electron chi connectivity index (χ4n) is 14.0. The lowest BCUT2D eigenvalue weighted by Crippen LogP contribution is -2.60. The van der Waals surface area contributed by atoms with Gasteiger partial charge in [0.15, 0.2) is 0 Å². The fourth-order valence-corrected chi connectivity index (χ4v) is 14.0. The molecule has 5 heterocycles. The standard InChI is InChI=1S/C75H70BN3O2/c1-71(2,3)43-19-26-47(27-20-43)77(48-28-21-44(22-29-48)72(4,5)6)50-32-33-51-55-41-63-57(40-61(55)75(13,14)60(51)38-50)53-34-35-54-56-39-58-52-17-15-16-18-64(52)80-66(58)42-62(56)78-68(54)67(53)76(79(63)49-30-23-45(24-31-49)73(7,8)9)70-69(78)59-37-46(74(10,11)12)25-36-65(59)81-70/h15-42H,1-14H3. The highest BCUT2D eigenvalue weighted by molar-refractivity contribution is 6.93. The molecule has 0 unspecified atom stereocenters. The summed E-state index contributed by atoms with van der Waals surface area (Å²) in [5, 5.41) is 5.81. The van der Waals surface area contributed by atoms with Crippen LogP contribution in [0.25, 0.3) is 82.7 Å². The minimum absolute atomic E-state index is 0.0135. The van der Waals surface area contributed by atoms with Gasteiger partial charge in [-0.1, -0.05) is 176 Å². The lowest BCUT2D eigenvalue weighted by molar-refractivity contribution is 0.590. The lowest BCUT2D eigenvalue weighted by Gasteiger charge is -2.41. The van der Waals surface area contributed by atoms with Crippen LogP contribution in [0.15, 0.2) is 179 Å². The Kier molecular flexibility index (Phi) is 10.1. The van der Waals surface area contributed by atoms with Gasteiger partial charge in [-0.3, -0.25) is 0 Å². The Morgan fingerprint density at radius 1 is 0.420 bits per heavy atom. The van der Waals surface area contributed by atoms with E-state index in [1.54, 1.807) is 0 Å². The summed E-state index contributed by atoms with van der Waals surface area (Å²) in [6.07, 6.45) is 0. The molecule has 400 valence electrons. The lowest BCUT2D eigenvalue weighted by atomic mass is 9.46. The number of anilines is 5. The van der Waals surface area contributed by atoms with E-state index >= 15 is 0 Å². The van der Waals surface area contributed by atoms with Crippen LogP contribution < -0.4 is 20.8 Å². The smallest absolute Gasteiger partial charge is 0.375 e. The second-order valence-corrected chi connectivity index (χ2v) is 28.3. The van der Waals surface area contributed by atoms with Gasteiger partial charge in [-0.05, 0) is 162 Å². The average Bonchev–Trinajstić information content (AvgIpc) is 3.74. The molecule has 6 heteroatoms. The largest absolute Gasteiger partial charge is 0.466 e. The number of furan rings is 2. The topological polar surface area (TPSA) is 37.7 Å². The second kappa shape index (κ2) is 16.5. The molecule has 0 saturated carbocycles. The van der Waals surface area contributed by atoms with Crippen LogP contribution in [-0.2, 0) is 27.1 Å². The van der Waals surface area contributed by atoms with E-state index in [-0.39, 0.29) is 33.9 Å². The third-order valence-corrected chi connectivity index (χ3v) is 18.6. The Bertz CT molecular complexity index is 4570. The molecule has 0 amide bonds. The molecule has 3 aromatic heterocycles. The molecule has 0 N–H and O–H groups in total. The van der Waals surface area contributed by atoms with Crippen LogP contribution in [0.5, 0.6) is 0 Å². The highest BCUT2D eigenvalue weighted by Crippen LogP contribution is 2.56. The minimum Gasteiger partial charge on any atom is -0.466 e. The molecule has 2 aliphatic heterocycles. The molecule has 0 radical (unpaired) electrons. The summed E-state index contributed by atoms with van der Waals surface area (Å²) in [6.45, 7) is 32.1. The van der Waals surface area contributed by atoms with Crippen LogP contribution in [0.3, 0.4) is 0 Å². The summed E-state index contributed by atoms with van der Waals surface area (Å²) in [7, 11) is 0. The summed E-state index contributed by atoms with van der Waals surface area (Å²) >= 11 is 0. The van der Waals surface area contributed by atoms with Crippen molar-refractivity contribution in [3.8, 4) is 27.9 Å². The molecule has 81 heavy (non-hydrogen) atoms. The van der Waals surface area contributed by atoms with E-state index < -0.39 is 0 Å². The predicted molar refractivity (Wildman–Crippen MR) is 344 cm³/mol. The van der Waals surface area contributed by atoms with E-state index in [1.807, 2.05) is 0 Å². The number of para-hydroxylation sites is 1. The fraction of sp³-hybridized carbons (Fsp3) is 0.253. The molecule has 15 rings (SSSR count). The third kappa shape index (κ3) is 7.24. The number of hydrogen-bond donors (Lipinski definition) is 0. The van der Waals surface area contributed by atoms with Gasteiger partial charge in [-0.15, -0.1) is 0 Å². The summed E-state index contributed by atoms with van der Waals surface area (Å²) < 4.78 is 16.7. The van der Waals surface area contributed by atoms with Gasteiger partial charge in [-0.25, -0.2) is 0 Å². The van der Waals surface area contributed by atoms with Gasteiger partial charge in [0.1, 0.15) is 22.4 Å². The molecule has 5 nitrogen and oxygen atoms in total. The Hall–Kier alpha value is -8.22. The molecule has 9 aromatic carbocycles. The summed E-state index contributed by atoms with van der Waals surface area (Å²) in [5.41, 5.74) is 26.6. The summed E-state index contributed by atoms with van der Waals surface area (Å²) in [4.78, 5) is 5.07. The van der Waals surface area contributed by atoms with E-state index in [2.05, 4.69) is 281 Å². The SMILES string of the molecule is CC(C)(C)c1ccc(N2B3c4oc5ccc(C(C)(C)C)cc5c4-n4c5cc6oc7ccccc7c6cc5c5ccc(c3c54)-c3cc4c(cc32)-c2ccc(N(c3ccc(C(C)(C)C)cc3)c3ccc(C(C)(C)C)cc3)cc2C4(C)C)cc1. The minimum atomic E-state index is -0.326. The molecular formula is C75H70BN3O2. The van der Waals surface area contributed by atoms with Crippen LogP contribution in [0.2, 0.25) is 0 Å². The van der Waals surface area contributed by atoms with Crippen molar-refractivity contribution in [1.29, 1.82) is 0 Å². The van der Waals surface area contributed by atoms with Crippen LogP contribution in [0.1, 0.15) is 130 Å². The first-order valence-corrected chi connectivity index (χ1v) is 29.2. The molecule has 0 saturated heterocycles. The zero-order valence-electron chi connectivity index (χ0n) is 49.4. The van der Waals surface area contributed by atoms with Gasteiger partial charge >= 0.3 is 6.85 Å². The van der Waals surface area contributed by atoms with Crippen LogP contribution >= 0.6 is 0 Å². The zero-order chi connectivity index (χ0) is 56.2. The number of aromatic nitrogens is 1. The van der Waals surface area contributed by atoms with Crippen LogP contribution in [-0.4, -0.2) is 11.4 Å².